The summed E-state index contributed by atoms with van der Waals surface area (Å²) in [5.74, 6) is -0.907. The molecule has 0 aromatic heterocycles. The summed E-state index contributed by atoms with van der Waals surface area (Å²) in [6, 6.07) is 12.2. The summed E-state index contributed by atoms with van der Waals surface area (Å²) in [5, 5.41) is 2.50. The molecule has 7 heteroatoms. The molecule has 0 spiro atoms. The van der Waals surface area contributed by atoms with Gasteiger partial charge in [0.05, 0.1) is 17.1 Å². The Labute approximate surface area is 140 Å². The van der Waals surface area contributed by atoms with Crippen LogP contribution in [0.5, 0.6) is 0 Å². The minimum absolute atomic E-state index is 0.0819. The van der Waals surface area contributed by atoms with Crippen LogP contribution in [0.25, 0.3) is 0 Å². The topological polar surface area (TPSA) is 66.5 Å². The van der Waals surface area contributed by atoms with E-state index in [9.17, 15) is 17.6 Å². The van der Waals surface area contributed by atoms with Crippen molar-refractivity contribution in [3.8, 4) is 0 Å². The lowest BCUT2D eigenvalue weighted by molar-refractivity contribution is 0.102. The summed E-state index contributed by atoms with van der Waals surface area (Å²) >= 11 is 0. The Morgan fingerprint density at radius 3 is 2.62 bits per heavy atom. The molecule has 1 heterocycles. The van der Waals surface area contributed by atoms with Gasteiger partial charge in [-0.05, 0) is 43.2 Å². The highest BCUT2D eigenvalue weighted by Gasteiger charge is 2.26. The molecule has 2 aromatic carbocycles. The summed E-state index contributed by atoms with van der Waals surface area (Å²) in [5.41, 5.74) is 0.811. The van der Waals surface area contributed by atoms with Crippen molar-refractivity contribution in [1.29, 1.82) is 0 Å². The van der Waals surface area contributed by atoms with Crippen molar-refractivity contribution in [2.45, 2.75) is 12.8 Å². The maximum atomic E-state index is 13.6. The molecule has 5 nitrogen and oxygen atoms in total. The predicted molar refractivity (Wildman–Crippen MR) is 91.2 cm³/mol. The van der Waals surface area contributed by atoms with Crippen molar-refractivity contribution in [3.05, 3.63) is 59.9 Å². The highest BCUT2D eigenvalue weighted by atomic mass is 32.2. The number of hydrogen-bond donors (Lipinski definition) is 1. The van der Waals surface area contributed by atoms with Crippen molar-refractivity contribution in [2.24, 2.45) is 0 Å². The number of sulfonamides is 1. The fourth-order valence-corrected chi connectivity index (χ4v) is 4.27. The van der Waals surface area contributed by atoms with Gasteiger partial charge in [0.25, 0.3) is 5.91 Å². The molecule has 0 aliphatic carbocycles. The molecule has 1 amide bonds. The molecule has 1 aliphatic heterocycles. The van der Waals surface area contributed by atoms with E-state index in [-0.39, 0.29) is 17.0 Å². The zero-order chi connectivity index (χ0) is 17.2. The Morgan fingerprint density at radius 2 is 1.88 bits per heavy atom. The SMILES string of the molecule is O=C(Nc1ccccc1F)c1cccc(N2CCCCS2(=O)=O)c1. The number of amides is 1. The maximum absolute atomic E-state index is 13.6. The van der Waals surface area contributed by atoms with Gasteiger partial charge in [0.15, 0.2) is 0 Å². The van der Waals surface area contributed by atoms with Gasteiger partial charge in [-0.25, -0.2) is 12.8 Å². The fraction of sp³-hybridized carbons (Fsp3) is 0.235. The first kappa shape index (κ1) is 16.4. The van der Waals surface area contributed by atoms with Crippen LogP contribution in [0.1, 0.15) is 23.2 Å². The quantitative estimate of drug-likeness (QED) is 0.927. The molecule has 2 aromatic rings. The van der Waals surface area contributed by atoms with Gasteiger partial charge in [-0.2, -0.15) is 0 Å². The molecule has 0 radical (unpaired) electrons. The third-order valence-corrected chi connectivity index (χ3v) is 5.74. The molecular weight excluding hydrogens is 331 g/mol. The van der Waals surface area contributed by atoms with Crippen LogP contribution < -0.4 is 9.62 Å². The Balaban J connectivity index is 1.85. The molecule has 24 heavy (non-hydrogen) atoms. The first-order valence-electron chi connectivity index (χ1n) is 7.64. The molecule has 0 unspecified atom stereocenters. The smallest absolute Gasteiger partial charge is 0.255 e. The number of para-hydroxylation sites is 1. The summed E-state index contributed by atoms with van der Waals surface area (Å²) in [4.78, 5) is 12.3. The summed E-state index contributed by atoms with van der Waals surface area (Å²) < 4.78 is 39.3. The second kappa shape index (κ2) is 6.60. The van der Waals surface area contributed by atoms with Gasteiger partial charge in [-0.3, -0.25) is 9.10 Å². The zero-order valence-corrected chi connectivity index (χ0v) is 13.7. The molecule has 0 bridgehead atoms. The van der Waals surface area contributed by atoms with E-state index >= 15 is 0 Å². The fourth-order valence-electron chi connectivity index (χ4n) is 2.64. The van der Waals surface area contributed by atoms with Gasteiger partial charge in [0.2, 0.25) is 10.0 Å². The molecule has 0 saturated carbocycles. The normalized spacial score (nSPS) is 16.6. The average molecular weight is 348 g/mol. The van der Waals surface area contributed by atoms with Crippen LogP contribution >= 0.6 is 0 Å². The van der Waals surface area contributed by atoms with Crippen LogP contribution in [0, 0.1) is 5.82 Å². The van der Waals surface area contributed by atoms with Gasteiger partial charge in [-0.15, -0.1) is 0 Å². The lowest BCUT2D eigenvalue weighted by Crippen LogP contribution is -2.37. The largest absolute Gasteiger partial charge is 0.319 e. The standard InChI is InChI=1S/C17H17FN2O3S/c18-15-8-1-2-9-16(15)19-17(21)13-6-5-7-14(12-13)20-10-3-4-11-24(20,22)23/h1-2,5-9,12H,3-4,10-11H2,(H,19,21). The number of halogens is 1. The summed E-state index contributed by atoms with van der Waals surface area (Å²) in [6.45, 7) is 0.403. The maximum Gasteiger partial charge on any atom is 0.255 e. The number of nitrogens with zero attached hydrogens (tertiary/aromatic N) is 1. The van der Waals surface area contributed by atoms with Gasteiger partial charge in [0, 0.05) is 12.1 Å². The van der Waals surface area contributed by atoms with Crippen molar-refractivity contribution < 1.29 is 17.6 Å². The van der Waals surface area contributed by atoms with Gasteiger partial charge in [0.1, 0.15) is 5.82 Å². The molecule has 1 aliphatic rings. The highest BCUT2D eigenvalue weighted by Crippen LogP contribution is 2.25. The Morgan fingerprint density at radius 1 is 1.08 bits per heavy atom. The third-order valence-electron chi connectivity index (χ3n) is 3.87. The monoisotopic (exact) mass is 348 g/mol. The molecule has 126 valence electrons. The number of hydrogen-bond acceptors (Lipinski definition) is 3. The summed E-state index contributed by atoms with van der Waals surface area (Å²) in [7, 11) is -3.34. The van der Waals surface area contributed by atoms with Crippen LogP contribution in [0.15, 0.2) is 48.5 Å². The van der Waals surface area contributed by atoms with E-state index in [1.54, 1.807) is 24.3 Å². The Kier molecular flexibility index (Phi) is 4.53. The van der Waals surface area contributed by atoms with Crippen molar-refractivity contribution in [3.63, 3.8) is 0 Å². The number of carbonyl (C=O) groups excluding carboxylic acids is 1. The molecule has 1 fully saturated rings. The van der Waals surface area contributed by atoms with Gasteiger partial charge < -0.3 is 5.32 Å². The van der Waals surface area contributed by atoms with E-state index in [0.29, 0.717) is 18.7 Å². The van der Waals surface area contributed by atoms with Crippen molar-refractivity contribution in [1.82, 2.24) is 0 Å². The number of nitrogens with one attached hydrogen (secondary N) is 1. The Hall–Kier alpha value is -2.41. The lowest BCUT2D eigenvalue weighted by atomic mass is 10.1. The van der Waals surface area contributed by atoms with E-state index in [2.05, 4.69) is 5.32 Å². The van der Waals surface area contributed by atoms with E-state index < -0.39 is 21.7 Å². The van der Waals surface area contributed by atoms with Crippen LogP contribution in [0.4, 0.5) is 15.8 Å². The first-order valence-corrected chi connectivity index (χ1v) is 9.25. The summed E-state index contributed by atoms with van der Waals surface area (Å²) in [6.07, 6.45) is 1.43. The van der Waals surface area contributed by atoms with Gasteiger partial charge >= 0.3 is 0 Å². The molecule has 3 rings (SSSR count). The number of rotatable bonds is 3. The lowest BCUT2D eigenvalue weighted by Gasteiger charge is -2.28. The predicted octanol–water partition coefficient (Wildman–Crippen LogP) is 3.01. The number of carbonyl (C=O) groups is 1. The van der Waals surface area contributed by atoms with E-state index in [4.69, 9.17) is 0 Å². The van der Waals surface area contributed by atoms with Crippen LogP contribution in [0.3, 0.4) is 0 Å². The van der Waals surface area contributed by atoms with E-state index in [0.717, 1.165) is 6.42 Å². The Bertz CT molecular complexity index is 868. The van der Waals surface area contributed by atoms with Crippen molar-refractivity contribution in [2.75, 3.05) is 21.9 Å². The number of benzene rings is 2. The number of anilines is 2. The van der Waals surface area contributed by atoms with Gasteiger partial charge in [-0.1, -0.05) is 18.2 Å². The third kappa shape index (κ3) is 3.41. The second-order valence-corrected chi connectivity index (χ2v) is 7.59. The minimum Gasteiger partial charge on any atom is -0.319 e. The van der Waals surface area contributed by atoms with Crippen LogP contribution in [-0.4, -0.2) is 26.6 Å². The van der Waals surface area contributed by atoms with Crippen LogP contribution in [-0.2, 0) is 10.0 Å². The second-order valence-electron chi connectivity index (χ2n) is 5.58. The average Bonchev–Trinajstić information content (AvgIpc) is 2.56. The first-order chi connectivity index (χ1) is 11.5. The van der Waals surface area contributed by atoms with Crippen molar-refractivity contribution >= 4 is 27.3 Å². The van der Waals surface area contributed by atoms with Crippen LogP contribution in [0.2, 0.25) is 0 Å². The minimum atomic E-state index is -3.34. The van der Waals surface area contributed by atoms with E-state index in [1.807, 2.05) is 0 Å². The molecule has 0 atom stereocenters. The molecule has 1 N–H and O–H groups in total. The van der Waals surface area contributed by atoms with E-state index in [1.165, 1.54) is 28.6 Å². The molecule has 1 saturated heterocycles. The highest BCUT2D eigenvalue weighted by molar-refractivity contribution is 7.92. The zero-order valence-electron chi connectivity index (χ0n) is 12.9. The molecular formula is C17H17FN2O3S.